The van der Waals surface area contributed by atoms with E-state index >= 15 is 0 Å². The normalized spacial score (nSPS) is 13.7. The second kappa shape index (κ2) is 8.04. The van der Waals surface area contributed by atoms with E-state index in [1.165, 1.54) is 17.3 Å². The monoisotopic (exact) mass is 387 g/mol. The molecule has 28 heavy (non-hydrogen) atoms. The van der Waals surface area contributed by atoms with Crippen molar-refractivity contribution >= 4 is 34.1 Å². The van der Waals surface area contributed by atoms with Gasteiger partial charge in [0.1, 0.15) is 11.1 Å². The molecule has 1 amide bonds. The number of benzene rings is 2. The lowest BCUT2D eigenvalue weighted by Crippen LogP contribution is -2.24. The first-order valence-electron chi connectivity index (χ1n) is 9.57. The molecule has 1 N–H and O–H groups in total. The highest BCUT2D eigenvalue weighted by molar-refractivity contribution is 8.00. The number of aromatic nitrogens is 1. The number of fused-ring (bicyclic) bond motifs is 2. The number of hydrogen-bond donors (Lipinski definition) is 1. The summed E-state index contributed by atoms with van der Waals surface area (Å²) in [5.41, 5.74) is 3.61. The molecule has 0 bridgehead atoms. The molecule has 5 heteroatoms. The quantitative estimate of drug-likeness (QED) is 0.618. The predicted octanol–water partition coefficient (Wildman–Crippen LogP) is 5.10. The van der Waals surface area contributed by atoms with Crippen molar-refractivity contribution in [3.05, 3.63) is 65.4 Å². The van der Waals surface area contributed by atoms with E-state index in [0.29, 0.717) is 17.0 Å². The van der Waals surface area contributed by atoms with Gasteiger partial charge < -0.3 is 5.32 Å². The fourth-order valence-electron chi connectivity index (χ4n) is 3.57. The first-order valence-corrected chi connectivity index (χ1v) is 10.4. The molecule has 0 aliphatic heterocycles. The number of pyridine rings is 1. The molecule has 2 aromatic carbocycles. The van der Waals surface area contributed by atoms with Crippen LogP contribution in [0.1, 0.15) is 36.6 Å². The molecular formula is C23H21N3OS. The van der Waals surface area contributed by atoms with Crippen molar-refractivity contribution in [3.8, 4) is 6.07 Å². The lowest BCUT2D eigenvalue weighted by Gasteiger charge is -2.16. The number of nitrogens with zero attached hydrogens (tertiary/aromatic N) is 2. The molecule has 140 valence electrons. The van der Waals surface area contributed by atoms with E-state index in [2.05, 4.69) is 17.5 Å². The van der Waals surface area contributed by atoms with E-state index in [4.69, 9.17) is 4.98 Å². The highest BCUT2D eigenvalue weighted by atomic mass is 32.2. The molecule has 1 unspecified atom stereocenters. The largest absolute Gasteiger partial charge is 0.325 e. The Hall–Kier alpha value is -2.84. The van der Waals surface area contributed by atoms with Gasteiger partial charge in [-0.1, -0.05) is 49.0 Å². The second-order valence-corrected chi connectivity index (χ2v) is 8.17. The van der Waals surface area contributed by atoms with Gasteiger partial charge in [-0.3, -0.25) is 4.79 Å². The van der Waals surface area contributed by atoms with Crippen molar-refractivity contribution in [2.24, 2.45) is 0 Å². The van der Waals surface area contributed by atoms with Crippen LogP contribution in [0.4, 0.5) is 5.69 Å². The van der Waals surface area contributed by atoms with Crippen LogP contribution >= 0.6 is 11.8 Å². The molecule has 0 saturated carbocycles. The van der Waals surface area contributed by atoms with Crippen LogP contribution in [0.5, 0.6) is 0 Å². The van der Waals surface area contributed by atoms with Crippen LogP contribution in [-0.4, -0.2) is 16.1 Å². The SMILES string of the molecule is CCC(Sc1nc2c(cc1C#N)CCC2)C(=O)Nc1ccc2ccccc2c1. The molecule has 0 saturated heterocycles. The van der Waals surface area contributed by atoms with Crippen LogP contribution in [0.2, 0.25) is 0 Å². The minimum atomic E-state index is -0.300. The van der Waals surface area contributed by atoms with Crippen molar-refractivity contribution in [2.75, 3.05) is 5.32 Å². The molecule has 0 spiro atoms. The maximum Gasteiger partial charge on any atom is 0.237 e. The Kier molecular flexibility index (Phi) is 5.31. The van der Waals surface area contributed by atoms with Crippen molar-refractivity contribution in [1.82, 2.24) is 4.98 Å². The number of anilines is 1. The predicted molar refractivity (Wildman–Crippen MR) is 113 cm³/mol. The number of amides is 1. The molecule has 1 atom stereocenters. The van der Waals surface area contributed by atoms with Gasteiger partial charge in [0.05, 0.1) is 10.8 Å². The van der Waals surface area contributed by atoms with Crippen LogP contribution in [0.25, 0.3) is 10.8 Å². The third kappa shape index (κ3) is 3.74. The zero-order valence-corrected chi connectivity index (χ0v) is 16.6. The molecule has 1 aliphatic carbocycles. The highest BCUT2D eigenvalue weighted by Crippen LogP contribution is 2.32. The number of aryl methyl sites for hydroxylation is 2. The Morgan fingerprint density at radius 2 is 2.04 bits per heavy atom. The average Bonchev–Trinajstić information content (AvgIpc) is 3.18. The van der Waals surface area contributed by atoms with Crippen LogP contribution in [0.3, 0.4) is 0 Å². The van der Waals surface area contributed by atoms with Crippen LogP contribution < -0.4 is 5.32 Å². The summed E-state index contributed by atoms with van der Waals surface area (Å²) in [4.78, 5) is 17.6. The first kappa shape index (κ1) is 18.5. The van der Waals surface area contributed by atoms with Gasteiger partial charge in [-0.2, -0.15) is 5.26 Å². The number of rotatable bonds is 5. The Balaban J connectivity index is 1.53. The fraction of sp³-hybridized carbons (Fsp3) is 0.261. The lowest BCUT2D eigenvalue weighted by atomic mass is 10.1. The van der Waals surface area contributed by atoms with Crippen molar-refractivity contribution in [1.29, 1.82) is 5.26 Å². The molecule has 4 rings (SSSR count). The summed E-state index contributed by atoms with van der Waals surface area (Å²) < 4.78 is 0. The van der Waals surface area contributed by atoms with Gasteiger partial charge in [0.2, 0.25) is 5.91 Å². The van der Waals surface area contributed by atoms with Gasteiger partial charge in [0, 0.05) is 11.4 Å². The number of nitriles is 1. The van der Waals surface area contributed by atoms with E-state index < -0.39 is 0 Å². The van der Waals surface area contributed by atoms with Crippen LogP contribution in [-0.2, 0) is 17.6 Å². The topological polar surface area (TPSA) is 65.8 Å². The number of carbonyl (C=O) groups is 1. The third-order valence-corrected chi connectivity index (χ3v) is 6.44. The number of thioether (sulfide) groups is 1. The summed E-state index contributed by atoms with van der Waals surface area (Å²) in [7, 11) is 0. The summed E-state index contributed by atoms with van der Waals surface area (Å²) in [5.74, 6) is -0.0611. The first-order chi connectivity index (χ1) is 13.7. The van der Waals surface area contributed by atoms with Crippen molar-refractivity contribution in [3.63, 3.8) is 0 Å². The van der Waals surface area contributed by atoms with Gasteiger partial charge in [-0.15, -0.1) is 0 Å². The molecule has 1 aromatic heterocycles. The summed E-state index contributed by atoms with van der Waals surface area (Å²) >= 11 is 1.39. The Morgan fingerprint density at radius 3 is 2.82 bits per heavy atom. The van der Waals surface area contributed by atoms with E-state index in [1.807, 2.05) is 49.4 Å². The molecule has 0 fully saturated rings. The zero-order chi connectivity index (χ0) is 19.5. The van der Waals surface area contributed by atoms with Gasteiger partial charge in [0.25, 0.3) is 0 Å². The third-order valence-electron chi connectivity index (χ3n) is 5.07. The van der Waals surface area contributed by atoms with Crippen LogP contribution in [0.15, 0.2) is 53.6 Å². The van der Waals surface area contributed by atoms with Crippen molar-refractivity contribution in [2.45, 2.75) is 42.9 Å². The van der Waals surface area contributed by atoms with E-state index in [9.17, 15) is 10.1 Å². The van der Waals surface area contributed by atoms with Gasteiger partial charge in [-0.25, -0.2) is 4.98 Å². The molecular weight excluding hydrogens is 366 g/mol. The maximum absolute atomic E-state index is 12.9. The fourth-order valence-corrected chi connectivity index (χ4v) is 4.57. The molecule has 1 aliphatic rings. The summed E-state index contributed by atoms with van der Waals surface area (Å²) in [6, 6.07) is 18.2. The minimum Gasteiger partial charge on any atom is -0.325 e. The molecule has 0 radical (unpaired) electrons. The molecule has 4 nitrogen and oxygen atoms in total. The molecule has 1 heterocycles. The van der Waals surface area contributed by atoms with E-state index in [-0.39, 0.29) is 11.2 Å². The Morgan fingerprint density at radius 1 is 1.21 bits per heavy atom. The molecule has 3 aromatic rings. The van der Waals surface area contributed by atoms with Crippen molar-refractivity contribution < 1.29 is 4.79 Å². The average molecular weight is 388 g/mol. The smallest absolute Gasteiger partial charge is 0.237 e. The Labute approximate surface area is 169 Å². The zero-order valence-electron chi connectivity index (χ0n) is 15.7. The van der Waals surface area contributed by atoms with Gasteiger partial charge in [0.15, 0.2) is 0 Å². The van der Waals surface area contributed by atoms with Gasteiger partial charge >= 0.3 is 0 Å². The Bertz CT molecular complexity index is 1090. The number of nitrogens with one attached hydrogen (secondary N) is 1. The standard InChI is InChI=1S/C23H21N3OS/c1-2-21(28-23-18(14-24)12-17-8-5-9-20(17)26-23)22(27)25-19-11-10-15-6-3-4-7-16(15)13-19/h3-4,6-7,10-13,21H,2,5,8-9H2,1H3,(H,25,27). The lowest BCUT2D eigenvalue weighted by molar-refractivity contribution is -0.115. The number of hydrogen-bond acceptors (Lipinski definition) is 4. The van der Waals surface area contributed by atoms with Crippen LogP contribution in [0, 0.1) is 11.3 Å². The van der Waals surface area contributed by atoms with E-state index in [1.54, 1.807) is 0 Å². The summed E-state index contributed by atoms with van der Waals surface area (Å²) in [6.07, 6.45) is 3.69. The summed E-state index contributed by atoms with van der Waals surface area (Å²) in [6.45, 7) is 1.98. The maximum atomic E-state index is 12.9. The van der Waals surface area contributed by atoms with Gasteiger partial charge in [-0.05, 0) is 60.2 Å². The highest BCUT2D eigenvalue weighted by Gasteiger charge is 2.23. The summed E-state index contributed by atoms with van der Waals surface area (Å²) in [5, 5.41) is 15.1. The minimum absolute atomic E-state index is 0.0611. The van der Waals surface area contributed by atoms with E-state index in [0.717, 1.165) is 41.4 Å². The number of carbonyl (C=O) groups excluding carboxylic acids is 1. The second-order valence-electron chi connectivity index (χ2n) is 6.98.